The van der Waals surface area contributed by atoms with Crippen LogP contribution in [0.2, 0.25) is 0 Å². The van der Waals surface area contributed by atoms with Gasteiger partial charge in [0.05, 0.1) is 6.54 Å². The number of azo groups is 1. The molecule has 92 valence electrons. The molecule has 1 aliphatic heterocycles. The number of nitrogens with zero attached hydrogens (tertiary/aromatic N) is 3. The number of hydrogen-bond donors (Lipinski definition) is 0. The minimum absolute atomic E-state index is 0.514. The molecule has 17 heavy (non-hydrogen) atoms. The van der Waals surface area contributed by atoms with Crippen molar-refractivity contribution in [2.45, 2.75) is 34.1 Å². The van der Waals surface area contributed by atoms with Crippen molar-refractivity contribution in [1.29, 1.82) is 0 Å². The van der Waals surface area contributed by atoms with Crippen molar-refractivity contribution in [3.63, 3.8) is 0 Å². The van der Waals surface area contributed by atoms with Crippen LogP contribution < -0.4 is 0 Å². The van der Waals surface area contributed by atoms with Crippen LogP contribution >= 0.6 is 0 Å². The summed E-state index contributed by atoms with van der Waals surface area (Å²) in [5, 5.41) is 8.19. The lowest BCUT2D eigenvalue weighted by Gasteiger charge is -2.05. The largest absolute Gasteiger partial charge is 0.235 e. The van der Waals surface area contributed by atoms with Gasteiger partial charge < -0.3 is 0 Å². The third-order valence-electron chi connectivity index (χ3n) is 2.32. The highest BCUT2D eigenvalue weighted by Crippen LogP contribution is 2.25. The van der Waals surface area contributed by atoms with Crippen LogP contribution in [0.25, 0.3) is 6.08 Å². The maximum atomic E-state index is 4.17. The van der Waals surface area contributed by atoms with E-state index in [-0.39, 0.29) is 0 Å². The quantitative estimate of drug-likeness (QED) is 0.694. The molecule has 0 fully saturated rings. The zero-order valence-electron chi connectivity index (χ0n) is 11.1. The van der Waals surface area contributed by atoms with Crippen LogP contribution in [0.1, 0.15) is 39.7 Å². The van der Waals surface area contributed by atoms with E-state index in [1.807, 2.05) is 12.1 Å². The normalized spacial score (nSPS) is 13.4. The molecule has 1 aliphatic rings. The van der Waals surface area contributed by atoms with Gasteiger partial charge >= 0.3 is 0 Å². The van der Waals surface area contributed by atoms with Gasteiger partial charge in [-0.3, -0.25) is 0 Å². The molecule has 1 aromatic heterocycles. The van der Waals surface area contributed by atoms with Gasteiger partial charge in [0.1, 0.15) is 0 Å². The van der Waals surface area contributed by atoms with Crippen molar-refractivity contribution in [1.82, 2.24) is 4.98 Å². The second-order valence-electron chi connectivity index (χ2n) is 4.40. The van der Waals surface area contributed by atoms with Crippen LogP contribution in [0, 0.1) is 5.92 Å². The van der Waals surface area contributed by atoms with Crippen LogP contribution in [-0.4, -0.2) is 11.5 Å². The van der Waals surface area contributed by atoms with Crippen LogP contribution in [0.5, 0.6) is 0 Å². The molecule has 0 saturated heterocycles. The topological polar surface area (TPSA) is 37.6 Å². The molecule has 0 amide bonds. The van der Waals surface area contributed by atoms with Crippen molar-refractivity contribution in [2.75, 3.05) is 6.54 Å². The predicted molar refractivity (Wildman–Crippen MR) is 72.4 cm³/mol. The van der Waals surface area contributed by atoms with Crippen LogP contribution in [0.4, 0.5) is 5.82 Å². The van der Waals surface area contributed by atoms with Gasteiger partial charge in [0, 0.05) is 11.8 Å². The summed E-state index contributed by atoms with van der Waals surface area (Å²) < 4.78 is 0. The van der Waals surface area contributed by atoms with Crippen molar-refractivity contribution >= 4 is 11.9 Å². The standard InChI is InChI=1S/C11H13N3.C3H8/c1-8(2)10-6-9-4-3-5-12-11(9)14-13-7-10;1-3-2/h3-6,8H,7H2,1-2H3;3H2,1-2H3. The van der Waals surface area contributed by atoms with E-state index in [9.17, 15) is 0 Å². The lowest BCUT2D eigenvalue weighted by molar-refractivity contribution is 0.746. The molecule has 3 nitrogen and oxygen atoms in total. The van der Waals surface area contributed by atoms with Crippen molar-refractivity contribution < 1.29 is 0 Å². The lowest BCUT2D eigenvalue weighted by Crippen LogP contribution is -1.96. The Balaban J connectivity index is 0.000000437. The number of fused-ring (bicyclic) bond motifs is 1. The van der Waals surface area contributed by atoms with Crippen LogP contribution in [-0.2, 0) is 0 Å². The summed E-state index contributed by atoms with van der Waals surface area (Å²) >= 11 is 0. The van der Waals surface area contributed by atoms with Crippen LogP contribution in [0.15, 0.2) is 34.1 Å². The summed E-state index contributed by atoms with van der Waals surface area (Å²) in [4.78, 5) is 4.17. The zero-order chi connectivity index (χ0) is 12.7. The van der Waals surface area contributed by atoms with E-state index < -0.39 is 0 Å². The first-order valence-corrected chi connectivity index (χ1v) is 6.22. The number of rotatable bonds is 1. The highest BCUT2D eigenvalue weighted by Gasteiger charge is 2.08. The zero-order valence-corrected chi connectivity index (χ0v) is 11.1. The average molecular weight is 231 g/mol. The lowest BCUT2D eigenvalue weighted by atomic mass is 10.0. The maximum absolute atomic E-state index is 4.17. The molecule has 0 radical (unpaired) electrons. The molecule has 0 aliphatic carbocycles. The summed E-state index contributed by atoms with van der Waals surface area (Å²) in [6.07, 6.45) is 5.14. The van der Waals surface area contributed by atoms with Crippen molar-refractivity contribution in [3.8, 4) is 0 Å². The highest BCUT2D eigenvalue weighted by molar-refractivity contribution is 5.63. The third-order valence-corrected chi connectivity index (χ3v) is 2.32. The average Bonchev–Trinajstić information content (AvgIpc) is 2.51. The molecule has 0 N–H and O–H groups in total. The Labute approximate surface area is 104 Å². The van der Waals surface area contributed by atoms with E-state index in [1.54, 1.807) is 6.20 Å². The number of pyridine rings is 1. The monoisotopic (exact) mass is 231 g/mol. The van der Waals surface area contributed by atoms with Gasteiger partial charge in [-0.05, 0) is 29.7 Å². The summed E-state index contributed by atoms with van der Waals surface area (Å²) in [7, 11) is 0. The van der Waals surface area contributed by atoms with Gasteiger partial charge in [0.25, 0.3) is 0 Å². The van der Waals surface area contributed by atoms with E-state index in [2.05, 4.69) is 49.0 Å². The molecule has 0 atom stereocenters. The Bertz CT molecular complexity index is 406. The molecular weight excluding hydrogens is 210 g/mol. The Morgan fingerprint density at radius 2 is 2.00 bits per heavy atom. The summed E-state index contributed by atoms with van der Waals surface area (Å²) in [6.45, 7) is 9.28. The Kier molecular flexibility index (Phi) is 5.53. The van der Waals surface area contributed by atoms with Crippen molar-refractivity contribution in [2.24, 2.45) is 16.1 Å². The fourth-order valence-corrected chi connectivity index (χ4v) is 1.38. The highest BCUT2D eigenvalue weighted by atomic mass is 15.1. The molecule has 0 saturated carbocycles. The molecule has 0 unspecified atom stereocenters. The maximum Gasteiger partial charge on any atom is 0.181 e. The predicted octanol–water partition coefficient (Wildman–Crippen LogP) is 4.63. The fraction of sp³-hybridized carbons (Fsp3) is 0.500. The third kappa shape index (κ3) is 4.10. The Hall–Kier alpha value is -1.51. The van der Waals surface area contributed by atoms with E-state index in [4.69, 9.17) is 0 Å². The Morgan fingerprint density at radius 1 is 1.29 bits per heavy atom. The van der Waals surface area contributed by atoms with Gasteiger partial charge in [0.2, 0.25) is 0 Å². The Morgan fingerprint density at radius 3 is 2.65 bits per heavy atom. The molecule has 2 rings (SSSR count). The second-order valence-corrected chi connectivity index (χ2v) is 4.40. The van der Waals surface area contributed by atoms with Crippen molar-refractivity contribution in [3.05, 3.63) is 29.5 Å². The minimum atomic E-state index is 0.514. The molecule has 0 bridgehead atoms. The number of aromatic nitrogens is 1. The molecular formula is C14H21N3. The summed E-state index contributed by atoms with van der Waals surface area (Å²) in [5.74, 6) is 1.24. The van der Waals surface area contributed by atoms with Gasteiger partial charge in [0.15, 0.2) is 5.82 Å². The number of hydrogen-bond acceptors (Lipinski definition) is 3. The fourth-order valence-electron chi connectivity index (χ4n) is 1.38. The SMILES string of the molecule is CC(C)C1=Cc2cccnc2N=NC1.CCC. The molecule has 2 heterocycles. The van der Waals surface area contributed by atoms with Gasteiger partial charge in [-0.1, -0.05) is 34.1 Å². The van der Waals surface area contributed by atoms with Gasteiger partial charge in [-0.25, -0.2) is 4.98 Å². The first-order valence-electron chi connectivity index (χ1n) is 6.22. The molecule has 3 heteroatoms. The summed E-state index contributed by atoms with van der Waals surface area (Å²) in [6, 6.07) is 3.95. The smallest absolute Gasteiger partial charge is 0.181 e. The molecule has 0 aromatic carbocycles. The van der Waals surface area contributed by atoms with E-state index in [1.165, 1.54) is 12.0 Å². The minimum Gasteiger partial charge on any atom is -0.235 e. The van der Waals surface area contributed by atoms with Gasteiger partial charge in [-0.15, -0.1) is 5.11 Å². The first-order chi connectivity index (χ1) is 8.19. The van der Waals surface area contributed by atoms with E-state index in [0.29, 0.717) is 12.5 Å². The molecule has 0 spiro atoms. The molecule has 1 aromatic rings. The first kappa shape index (κ1) is 13.6. The van der Waals surface area contributed by atoms with E-state index in [0.717, 1.165) is 11.4 Å². The summed E-state index contributed by atoms with van der Waals surface area (Å²) in [5.41, 5.74) is 2.37. The van der Waals surface area contributed by atoms with Crippen LogP contribution in [0.3, 0.4) is 0 Å². The van der Waals surface area contributed by atoms with E-state index >= 15 is 0 Å². The van der Waals surface area contributed by atoms with Gasteiger partial charge in [-0.2, -0.15) is 5.11 Å². The second kappa shape index (κ2) is 6.94.